The number of benzene rings is 2. The van der Waals surface area contributed by atoms with Crippen LogP contribution in [0, 0.1) is 0 Å². The fourth-order valence-corrected chi connectivity index (χ4v) is 3.99. The molecule has 1 aliphatic carbocycles. The number of nitrogens with one attached hydrogen (secondary N) is 1. The number of ether oxygens (including phenoxy) is 3. The first-order valence-corrected chi connectivity index (χ1v) is 11.1. The van der Waals surface area contributed by atoms with Gasteiger partial charge in [-0.3, -0.25) is 4.79 Å². The summed E-state index contributed by atoms with van der Waals surface area (Å²) in [4.78, 5) is 25.3. The molecule has 0 bridgehead atoms. The standard InChI is InChI=1S/C26H27NO7/c28-12-11-27-25(30)20-14-22-24(33-16-32-22)23(15-20)34-26(31)19-9-4-6-17(13-19)5-3-8-18-7-1-2-10-21(18)29/h1-7,9-10,13-14,22-24,28-29H,8,11-12,15-16H2,(H,27,30)/t22-,23-,24-/m1/s1. The first kappa shape index (κ1) is 23.7. The second-order valence-corrected chi connectivity index (χ2v) is 8.06. The molecular formula is C26H27NO7. The molecule has 0 saturated carbocycles. The van der Waals surface area contributed by atoms with Crippen molar-refractivity contribution in [3.05, 3.63) is 82.9 Å². The van der Waals surface area contributed by atoms with Gasteiger partial charge in [-0.2, -0.15) is 0 Å². The topological polar surface area (TPSA) is 114 Å². The molecule has 1 saturated heterocycles. The van der Waals surface area contributed by atoms with Crippen LogP contribution in [0.4, 0.5) is 0 Å². The molecule has 34 heavy (non-hydrogen) atoms. The van der Waals surface area contributed by atoms with Gasteiger partial charge in [-0.1, -0.05) is 42.5 Å². The number of rotatable bonds is 8. The minimum absolute atomic E-state index is 0.0582. The van der Waals surface area contributed by atoms with Crippen LogP contribution in [0.2, 0.25) is 0 Å². The van der Waals surface area contributed by atoms with Crippen molar-refractivity contribution >= 4 is 18.0 Å². The molecule has 0 radical (unpaired) electrons. The fourth-order valence-electron chi connectivity index (χ4n) is 3.99. The van der Waals surface area contributed by atoms with Crippen molar-refractivity contribution < 1.29 is 34.0 Å². The van der Waals surface area contributed by atoms with Crippen molar-refractivity contribution in [2.75, 3.05) is 19.9 Å². The summed E-state index contributed by atoms with van der Waals surface area (Å²) < 4.78 is 16.9. The predicted molar refractivity (Wildman–Crippen MR) is 124 cm³/mol. The van der Waals surface area contributed by atoms with Gasteiger partial charge in [-0.15, -0.1) is 0 Å². The molecule has 8 heteroatoms. The molecule has 1 aliphatic heterocycles. The van der Waals surface area contributed by atoms with E-state index in [9.17, 15) is 14.7 Å². The summed E-state index contributed by atoms with van der Waals surface area (Å²) in [6.07, 6.45) is 4.57. The zero-order valence-electron chi connectivity index (χ0n) is 18.6. The molecule has 8 nitrogen and oxygen atoms in total. The van der Waals surface area contributed by atoms with E-state index in [0.29, 0.717) is 17.6 Å². The summed E-state index contributed by atoms with van der Waals surface area (Å²) in [6.45, 7) is 0.0271. The second kappa shape index (κ2) is 11.1. The molecule has 2 aromatic carbocycles. The van der Waals surface area contributed by atoms with E-state index in [-0.39, 0.29) is 38.0 Å². The van der Waals surface area contributed by atoms with Gasteiger partial charge in [-0.05, 0) is 41.8 Å². The molecule has 3 atom stereocenters. The van der Waals surface area contributed by atoms with Gasteiger partial charge in [-0.25, -0.2) is 4.79 Å². The Kier molecular flexibility index (Phi) is 7.74. The Labute approximate surface area is 197 Å². The number of amides is 1. The van der Waals surface area contributed by atoms with E-state index < -0.39 is 24.3 Å². The first-order valence-electron chi connectivity index (χ1n) is 11.1. The van der Waals surface area contributed by atoms with Gasteiger partial charge < -0.3 is 29.7 Å². The molecule has 0 spiro atoms. The Morgan fingerprint density at radius 1 is 1.15 bits per heavy atom. The van der Waals surface area contributed by atoms with Gasteiger partial charge >= 0.3 is 5.97 Å². The molecule has 178 valence electrons. The first-order chi connectivity index (χ1) is 16.5. The van der Waals surface area contributed by atoms with Crippen LogP contribution in [0.3, 0.4) is 0 Å². The third kappa shape index (κ3) is 5.72. The largest absolute Gasteiger partial charge is 0.508 e. The van der Waals surface area contributed by atoms with Crippen LogP contribution in [0.15, 0.2) is 66.3 Å². The zero-order valence-corrected chi connectivity index (χ0v) is 18.6. The number of aliphatic hydroxyl groups excluding tert-OH is 1. The van der Waals surface area contributed by atoms with Gasteiger partial charge in [0.1, 0.15) is 30.9 Å². The Morgan fingerprint density at radius 2 is 2.00 bits per heavy atom. The highest BCUT2D eigenvalue weighted by Crippen LogP contribution is 2.30. The maximum absolute atomic E-state index is 12.9. The van der Waals surface area contributed by atoms with Crippen LogP contribution < -0.4 is 5.32 Å². The minimum atomic E-state index is -0.680. The predicted octanol–water partition coefficient (Wildman–Crippen LogP) is 2.35. The van der Waals surface area contributed by atoms with E-state index >= 15 is 0 Å². The number of fused-ring (bicyclic) bond motifs is 1. The number of allylic oxidation sites excluding steroid dienone is 1. The number of phenols is 1. The smallest absolute Gasteiger partial charge is 0.338 e. The summed E-state index contributed by atoms with van der Waals surface area (Å²) in [5.74, 6) is -0.611. The fraction of sp³-hybridized carbons (Fsp3) is 0.308. The van der Waals surface area contributed by atoms with Gasteiger partial charge in [0.25, 0.3) is 0 Å². The van der Waals surface area contributed by atoms with Crippen molar-refractivity contribution in [2.45, 2.75) is 31.2 Å². The normalized spacial score (nSPS) is 21.7. The highest BCUT2D eigenvalue weighted by molar-refractivity contribution is 5.94. The molecule has 4 rings (SSSR count). The number of para-hydroxylation sites is 1. The molecule has 0 aromatic heterocycles. The van der Waals surface area contributed by atoms with E-state index in [1.54, 1.807) is 36.4 Å². The zero-order chi connectivity index (χ0) is 23.9. The minimum Gasteiger partial charge on any atom is -0.508 e. The van der Waals surface area contributed by atoms with Crippen molar-refractivity contribution in [3.8, 4) is 5.75 Å². The number of esters is 1. The number of phenolic OH excluding ortho intramolecular Hbond substituents is 1. The number of aliphatic hydroxyl groups is 1. The molecule has 3 N–H and O–H groups in total. The molecule has 1 fully saturated rings. The third-order valence-corrected chi connectivity index (χ3v) is 5.71. The van der Waals surface area contributed by atoms with Crippen LogP contribution in [-0.2, 0) is 25.4 Å². The molecule has 0 unspecified atom stereocenters. The number of hydrogen-bond acceptors (Lipinski definition) is 7. The van der Waals surface area contributed by atoms with Gasteiger partial charge in [0.2, 0.25) is 5.91 Å². The summed E-state index contributed by atoms with van der Waals surface area (Å²) in [6, 6.07) is 14.2. The van der Waals surface area contributed by atoms with E-state index in [0.717, 1.165) is 11.1 Å². The lowest BCUT2D eigenvalue weighted by Crippen LogP contribution is -2.43. The van der Waals surface area contributed by atoms with Crippen LogP contribution in [0.25, 0.3) is 6.08 Å². The highest BCUT2D eigenvalue weighted by atomic mass is 16.7. The summed E-state index contributed by atoms with van der Waals surface area (Å²) in [5, 5.41) is 21.4. The molecule has 1 amide bonds. The Hall–Kier alpha value is -3.46. The average molecular weight is 466 g/mol. The Morgan fingerprint density at radius 3 is 2.82 bits per heavy atom. The lowest BCUT2D eigenvalue weighted by molar-refractivity contribution is -0.118. The summed E-state index contributed by atoms with van der Waals surface area (Å²) >= 11 is 0. The number of aromatic hydroxyl groups is 1. The molecule has 2 aliphatic rings. The SMILES string of the molecule is O=C(NCCO)C1=C[C@H]2OCO[C@H]2[C@H](OC(=O)c2cccc(C=CCc3ccccc3O)c2)C1. The lowest BCUT2D eigenvalue weighted by atomic mass is 9.91. The van der Waals surface area contributed by atoms with Crippen LogP contribution in [-0.4, -0.2) is 60.3 Å². The summed E-state index contributed by atoms with van der Waals surface area (Å²) in [5.41, 5.74) is 2.43. The van der Waals surface area contributed by atoms with Crippen molar-refractivity contribution in [2.24, 2.45) is 0 Å². The molecule has 2 aromatic rings. The van der Waals surface area contributed by atoms with E-state index in [1.807, 2.05) is 30.4 Å². The van der Waals surface area contributed by atoms with E-state index in [4.69, 9.17) is 19.3 Å². The maximum Gasteiger partial charge on any atom is 0.338 e. The Bertz CT molecular complexity index is 1090. The number of carbonyl (C=O) groups is 2. The van der Waals surface area contributed by atoms with Crippen LogP contribution in [0.1, 0.15) is 27.9 Å². The van der Waals surface area contributed by atoms with Gasteiger partial charge in [0.15, 0.2) is 0 Å². The maximum atomic E-state index is 12.9. The monoisotopic (exact) mass is 465 g/mol. The van der Waals surface area contributed by atoms with Crippen molar-refractivity contribution in [3.63, 3.8) is 0 Å². The van der Waals surface area contributed by atoms with E-state index in [2.05, 4.69) is 5.32 Å². The van der Waals surface area contributed by atoms with E-state index in [1.165, 1.54) is 0 Å². The molecule has 1 heterocycles. The average Bonchev–Trinajstić information content (AvgIpc) is 3.33. The quantitative estimate of drug-likeness (QED) is 0.513. The Balaban J connectivity index is 1.42. The number of carbonyl (C=O) groups excluding carboxylic acids is 2. The molecular weight excluding hydrogens is 438 g/mol. The van der Waals surface area contributed by atoms with Crippen LogP contribution >= 0.6 is 0 Å². The van der Waals surface area contributed by atoms with Gasteiger partial charge in [0, 0.05) is 18.5 Å². The number of hydrogen-bond donors (Lipinski definition) is 3. The second-order valence-electron chi connectivity index (χ2n) is 8.06. The van der Waals surface area contributed by atoms with Crippen molar-refractivity contribution in [1.29, 1.82) is 0 Å². The highest BCUT2D eigenvalue weighted by Gasteiger charge is 2.42. The van der Waals surface area contributed by atoms with Gasteiger partial charge in [0.05, 0.1) is 12.2 Å². The van der Waals surface area contributed by atoms with Crippen molar-refractivity contribution in [1.82, 2.24) is 5.32 Å². The van der Waals surface area contributed by atoms with Crippen LogP contribution in [0.5, 0.6) is 5.75 Å². The third-order valence-electron chi connectivity index (χ3n) is 5.71. The lowest BCUT2D eigenvalue weighted by Gasteiger charge is -2.30. The summed E-state index contributed by atoms with van der Waals surface area (Å²) in [7, 11) is 0.